The Bertz CT molecular complexity index is 820. The quantitative estimate of drug-likeness (QED) is 0.909. The molecule has 6 heteroatoms. The molecular weight excluding hydrogens is 321 g/mol. The van der Waals surface area contributed by atoms with Gasteiger partial charge in [0.15, 0.2) is 5.76 Å². The molecule has 1 aromatic heterocycles. The maximum Gasteiger partial charge on any atom is 0.169 e. The fraction of sp³-hybridized carbons (Fsp3) is 0.125. The van der Waals surface area contributed by atoms with Crippen molar-refractivity contribution in [2.24, 2.45) is 0 Å². The molecule has 0 saturated carbocycles. The first-order valence-electron chi connectivity index (χ1n) is 6.65. The molecule has 1 aliphatic rings. The van der Waals surface area contributed by atoms with Crippen LogP contribution >= 0.6 is 23.2 Å². The zero-order valence-corrected chi connectivity index (χ0v) is 13.7. The van der Waals surface area contributed by atoms with Gasteiger partial charge >= 0.3 is 0 Å². The molecule has 0 saturated heterocycles. The first-order valence-corrected chi connectivity index (χ1v) is 7.41. The van der Waals surface area contributed by atoms with E-state index in [0.717, 1.165) is 22.3 Å². The van der Waals surface area contributed by atoms with Crippen molar-refractivity contribution in [2.75, 3.05) is 14.2 Å². The van der Waals surface area contributed by atoms with Crippen molar-refractivity contribution in [3.63, 3.8) is 0 Å². The summed E-state index contributed by atoms with van der Waals surface area (Å²) >= 11 is 12.9. The minimum absolute atomic E-state index is 0.447. The molecule has 1 aromatic carbocycles. The summed E-state index contributed by atoms with van der Waals surface area (Å²) < 4.78 is 7.43. The van der Waals surface area contributed by atoms with E-state index in [2.05, 4.69) is 12.0 Å². The van der Waals surface area contributed by atoms with Gasteiger partial charge in [-0.25, -0.2) is 0 Å². The molecule has 0 fully saturated rings. The predicted octanol–water partition coefficient (Wildman–Crippen LogP) is 4.24. The van der Waals surface area contributed by atoms with Gasteiger partial charge in [-0.3, -0.25) is 15.0 Å². The monoisotopic (exact) mass is 335 g/mol. The summed E-state index contributed by atoms with van der Waals surface area (Å²) in [7, 11) is 3.50. The van der Waals surface area contributed by atoms with Crippen LogP contribution in [0.5, 0.6) is 0 Å². The van der Waals surface area contributed by atoms with E-state index >= 15 is 0 Å². The van der Waals surface area contributed by atoms with Crippen LogP contribution in [0.15, 0.2) is 54.6 Å². The van der Waals surface area contributed by atoms with E-state index in [9.17, 15) is 0 Å². The van der Waals surface area contributed by atoms with Crippen molar-refractivity contribution >= 4 is 39.8 Å². The standard InChI is InChI=1S/C16H15Cl2N3O/c1-4-11-15(22-3)13(9-20(2)19-11)21-12-8-6-5-7-10(12)14(17)16(21)18/h4-9,19H,1H2,2-3H3. The first kappa shape index (κ1) is 14.9. The summed E-state index contributed by atoms with van der Waals surface area (Å²) in [5.74, 6) is 0.646. The van der Waals surface area contributed by atoms with Crippen LogP contribution in [0.25, 0.3) is 16.6 Å². The number of hydrogen-bond acceptors (Lipinski definition) is 3. The van der Waals surface area contributed by atoms with E-state index < -0.39 is 0 Å². The van der Waals surface area contributed by atoms with Gasteiger partial charge in [-0.2, -0.15) is 0 Å². The fourth-order valence-corrected chi connectivity index (χ4v) is 3.10. The number of para-hydroxylation sites is 1. The van der Waals surface area contributed by atoms with Crippen molar-refractivity contribution in [2.45, 2.75) is 0 Å². The third-order valence-electron chi connectivity index (χ3n) is 3.50. The molecule has 0 amide bonds. The average Bonchev–Trinajstić information content (AvgIpc) is 2.78. The van der Waals surface area contributed by atoms with E-state index in [1.165, 1.54) is 0 Å². The van der Waals surface area contributed by atoms with Gasteiger partial charge in [-0.05, 0) is 12.1 Å². The average molecular weight is 336 g/mol. The number of halogens is 2. The Morgan fingerprint density at radius 2 is 2.00 bits per heavy atom. The van der Waals surface area contributed by atoms with E-state index in [1.807, 2.05) is 47.1 Å². The number of nitrogens with zero attached hydrogens (tertiary/aromatic N) is 2. The summed E-state index contributed by atoms with van der Waals surface area (Å²) in [5, 5.41) is 3.68. The highest BCUT2D eigenvalue weighted by atomic mass is 35.5. The van der Waals surface area contributed by atoms with E-state index in [-0.39, 0.29) is 0 Å². The van der Waals surface area contributed by atoms with Gasteiger partial charge < -0.3 is 4.74 Å². The molecule has 0 aliphatic carbocycles. The molecule has 0 unspecified atom stereocenters. The Balaban J connectivity index is 2.33. The molecule has 22 heavy (non-hydrogen) atoms. The van der Waals surface area contributed by atoms with Gasteiger partial charge in [0.2, 0.25) is 0 Å². The third kappa shape index (κ3) is 2.16. The number of nitrogens with one attached hydrogen (secondary N) is 1. The van der Waals surface area contributed by atoms with Gasteiger partial charge in [-0.1, -0.05) is 48.0 Å². The molecule has 2 aromatic rings. The lowest BCUT2D eigenvalue weighted by atomic mass is 10.2. The van der Waals surface area contributed by atoms with E-state index in [0.29, 0.717) is 15.9 Å². The molecule has 0 bridgehead atoms. The van der Waals surface area contributed by atoms with E-state index in [4.69, 9.17) is 27.9 Å². The summed E-state index contributed by atoms with van der Waals surface area (Å²) in [5.41, 5.74) is 5.60. The molecule has 0 radical (unpaired) electrons. The predicted molar refractivity (Wildman–Crippen MR) is 91.4 cm³/mol. The van der Waals surface area contributed by atoms with Crippen molar-refractivity contribution in [1.82, 2.24) is 15.0 Å². The molecule has 1 aliphatic heterocycles. The number of benzene rings is 1. The van der Waals surface area contributed by atoms with Crippen LogP contribution in [-0.2, 0) is 4.74 Å². The minimum Gasteiger partial charge on any atom is -0.492 e. The Labute approximate surface area is 138 Å². The summed E-state index contributed by atoms with van der Waals surface area (Å²) in [6.45, 7) is 3.81. The Morgan fingerprint density at radius 1 is 1.27 bits per heavy atom. The van der Waals surface area contributed by atoms with Crippen molar-refractivity contribution < 1.29 is 4.74 Å². The van der Waals surface area contributed by atoms with Gasteiger partial charge in [0.1, 0.15) is 10.9 Å². The summed E-state index contributed by atoms with van der Waals surface area (Å²) in [6, 6.07) is 7.79. The van der Waals surface area contributed by atoms with Crippen molar-refractivity contribution in [3.05, 3.63) is 64.8 Å². The second kappa shape index (κ2) is 5.63. The lowest BCUT2D eigenvalue weighted by Crippen LogP contribution is -2.34. The molecule has 0 atom stereocenters. The molecule has 1 N–H and O–H groups in total. The molecule has 3 rings (SSSR count). The summed E-state index contributed by atoms with van der Waals surface area (Å²) in [4.78, 5) is 0. The lowest BCUT2D eigenvalue weighted by molar-refractivity contribution is 0.275. The number of methoxy groups -OCH3 is 1. The normalized spacial score (nSPS) is 14.9. The van der Waals surface area contributed by atoms with Gasteiger partial charge in [0, 0.05) is 18.6 Å². The molecule has 2 heterocycles. The lowest BCUT2D eigenvalue weighted by Gasteiger charge is -2.28. The zero-order valence-electron chi connectivity index (χ0n) is 12.2. The Hall–Kier alpha value is -2.04. The third-order valence-corrected chi connectivity index (χ3v) is 4.34. The van der Waals surface area contributed by atoms with Crippen molar-refractivity contribution in [1.29, 1.82) is 0 Å². The number of allylic oxidation sites excluding steroid dienone is 2. The van der Waals surface area contributed by atoms with Crippen LogP contribution in [0.4, 0.5) is 0 Å². The summed E-state index contributed by atoms with van der Waals surface area (Å²) in [6.07, 6.45) is 3.59. The second-order valence-corrected chi connectivity index (χ2v) is 5.58. The number of rotatable bonds is 3. The Morgan fingerprint density at radius 3 is 2.68 bits per heavy atom. The minimum atomic E-state index is 0.447. The van der Waals surface area contributed by atoms with Crippen LogP contribution < -0.4 is 5.43 Å². The largest absolute Gasteiger partial charge is 0.492 e. The van der Waals surface area contributed by atoms with Crippen LogP contribution in [0.3, 0.4) is 0 Å². The van der Waals surface area contributed by atoms with Gasteiger partial charge in [0.25, 0.3) is 0 Å². The fourth-order valence-electron chi connectivity index (χ4n) is 2.57. The van der Waals surface area contributed by atoms with Crippen LogP contribution in [0.1, 0.15) is 0 Å². The highest BCUT2D eigenvalue weighted by molar-refractivity contribution is 6.45. The second-order valence-electron chi connectivity index (χ2n) is 4.85. The molecule has 0 spiro atoms. The highest BCUT2D eigenvalue weighted by Gasteiger charge is 2.24. The maximum absolute atomic E-state index is 6.48. The maximum atomic E-state index is 6.48. The SMILES string of the molecule is C=CC1=C(OC)C(n2c(Cl)c(Cl)c3ccccc32)=CN(C)N1. The van der Waals surface area contributed by atoms with Crippen molar-refractivity contribution in [3.8, 4) is 0 Å². The van der Waals surface area contributed by atoms with Gasteiger partial charge in [0.05, 0.1) is 23.3 Å². The molecular formula is C16H15Cl2N3O. The van der Waals surface area contributed by atoms with Crippen LogP contribution in [0, 0.1) is 0 Å². The number of hydrazine groups is 1. The van der Waals surface area contributed by atoms with Crippen LogP contribution in [-0.4, -0.2) is 23.7 Å². The number of aromatic nitrogens is 1. The Kier molecular flexibility index (Phi) is 3.81. The topological polar surface area (TPSA) is 29.4 Å². The zero-order chi connectivity index (χ0) is 15.9. The first-order chi connectivity index (χ1) is 10.6. The number of fused-ring (bicyclic) bond motifs is 1. The number of hydrogen-bond donors (Lipinski definition) is 1. The van der Waals surface area contributed by atoms with E-state index in [1.54, 1.807) is 13.2 Å². The number of ether oxygens (including phenoxy) is 1. The highest BCUT2D eigenvalue weighted by Crippen LogP contribution is 2.39. The smallest absolute Gasteiger partial charge is 0.169 e. The molecule has 4 nitrogen and oxygen atoms in total. The molecule has 114 valence electrons. The van der Waals surface area contributed by atoms with Crippen LogP contribution in [0.2, 0.25) is 10.2 Å². The van der Waals surface area contributed by atoms with Gasteiger partial charge in [-0.15, -0.1) is 0 Å².